The van der Waals surface area contributed by atoms with Gasteiger partial charge in [-0.3, -0.25) is 9.69 Å². The number of hydrogen-bond acceptors (Lipinski definition) is 3. The van der Waals surface area contributed by atoms with Crippen molar-refractivity contribution in [2.45, 2.75) is 26.4 Å². The Morgan fingerprint density at radius 2 is 2.11 bits per heavy atom. The summed E-state index contributed by atoms with van der Waals surface area (Å²) in [7, 11) is 1.69. The quantitative estimate of drug-likeness (QED) is 0.800. The minimum absolute atomic E-state index is 0.149. The fourth-order valence-corrected chi connectivity index (χ4v) is 2.94. The lowest BCUT2D eigenvalue weighted by atomic mass is 10.2. The maximum atomic E-state index is 12.4. The zero-order valence-electron chi connectivity index (χ0n) is 11.2. The first-order chi connectivity index (χ1) is 8.90. The number of halogens is 1. The van der Waals surface area contributed by atoms with Crippen molar-refractivity contribution in [3.63, 3.8) is 0 Å². The maximum absolute atomic E-state index is 12.4. The lowest BCUT2D eigenvalue weighted by Gasteiger charge is -2.39. The Labute approximate surface area is 120 Å². The molecule has 19 heavy (non-hydrogen) atoms. The second-order valence-electron chi connectivity index (χ2n) is 4.74. The molecule has 0 unspecified atom stereocenters. The van der Waals surface area contributed by atoms with Gasteiger partial charge in [-0.1, -0.05) is 6.58 Å². The molecule has 1 aliphatic rings. The lowest BCUT2D eigenvalue weighted by molar-refractivity contribution is -0.108. The van der Waals surface area contributed by atoms with Gasteiger partial charge >= 0.3 is 0 Å². The van der Waals surface area contributed by atoms with Gasteiger partial charge in [-0.05, 0) is 29.8 Å². The van der Waals surface area contributed by atoms with E-state index in [1.54, 1.807) is 17.8 Å². The van der Waals surface area contributed by atoms with E-state index in [0.717, 1.165) is 16.4 Å². The standard InChI is InChI=1S/C13H16BrN3O2/c1-8(2)17-9(3)15(4)13(19)12-11(17)10(14)7-16(12)5-6-18/h6-8H,3,5H2,1-2,4H3. The molecule has 1 aromatic heterocycles. The van der Waals surface area contributed by atoms with Crippen LogP contribution in [-0.2, 0) is 11.3 Å². The lowest BCUT2D eigenvalue weighted by Crippen LogP contribution is -2.45. The zero-order valence-corrected chi connectivity index (χ0v) is 12.8. The van der Waals surface area contributed by atoms with E-state index in [9.17, 15) is 9.59 Å². The molecule has 0 radical (unpaired) electrons. The molecule has 2 heterocycles. The smallest absolute Gasteiger partial charge is 0.277 e. The Kier molecular flexibility index (Phi) is 3.54. The van der Waals surface area contributed by atoms with E-state index < -0.39 is 0 Å². The molecule has 0 fully saturated rings. The number of rotatable bonds is 3. The summed E-state index contributed by atoms with van der Waals surface area (Å²) in [5, 5.41) is 0. The predicted octanol–water partition coefficient (Wildman–Crippen LogP) is 2.22. The number of anilines is 1. The topological polar surface area (TPSA) is 45.6 Å². The van der Waals surface area contributed by atoms with Crippen molar-refractivity contribution >= 4 is 33.8 Å². The van der Waals surface area contributed by atoms with Crippen LogP contribution in [0.1, 0.15) is 24.3 Å². The Bertz CT molecular complexity index is 562. The molecular formula is C13H16BrN3O2. The Balaban J connectivity index is 2.69. The zero-order chi connectivity index (χ0) is 14.3. The van der Waals surface area contributed by atoms with Crippen LogP contribution in [-0.4, -0.2) is 34.7 Å². The van der Waals surface area contributed by atoms with E-state index >= 15 is 0 Å². The molecule has 0 aromatic carbocycles. The summed E-state index contributed by atoms with van der Waals surface area (Å²) in [6.07, 6.45) is 2.54. The van der Waals surface area contributed by atoms with E-state index in [0.29, 0.717) is 11.5 Å². The molecule has 1 aliphatic heterocycles. The SMILES string of the molecule is C=C1N(C)C(=O)c2c(c(Br)cn2CC=O)N1C(C)C. The van der Waals surface area contributed by atoms with Crippen LogP contribution in [0.25, 0.3) is 0 Å². The van der Waals surface area contributed by atoms with Crippen LogP contribution in [0.4, 0.5) is 5.69 Å². The van der Waals surface area contributed by atoms with Crippen LogP contribution in [0.15, 0.2) is 23.1 Å². The highest BCUT2D eigenvalue weighted by molar-refractivity contribution is 9.10. The first kappa shape index (κ1) is 13.9. The summed E-state index contributed by atoms with van der Waals surface area (Å²) in [5.74, 6) is 0.488. The summed E-state index contributed by atoms with van der Waals surface area (Å²) in [4.78, 5) is 26.6. The van der Waals surface area contributed by atoms with Crippen LogP contribution in [0.2, 0.25) is 0 Å². The molecule has 5 nitrogen and oxygen atoms in total. The number of nitrogens with zero attached hydrogens (tertiary/aromatic N) is 3. The molecule has 6 heteroatoms. The summed E-state index contributed by atoms with van der Waals surface area (Å²) in [6.45, 7) is 8.19. The number of carbonyl (C=O) groups excluding carboxylic acids is 2. The van der Waals surface area contributed by atoms with Crippen molar-refractivity contribution in [3.8, 4) is 0 Å². The van der Waals surface area contributed by atoms with Gasteiger partial charge in [0.2, 0.25) is 0 Å². The molecule has 0 spiro atoms. The van der Waals surface area contributed by atoms with Crippen LogP contribution >= 0.6 is 15.9 Å². The monoisotopic (exact) mass is 325 g/mol. The molecule has 0 bridgehead atoms. The molecule has 0 saturated carbocycles. The van der Waals surface area contributed by atoms with E-state index in [2.05, 4.69) is 22.5 Å². The van der Waals surface area contributed by atoms with Crippen LogP contribution in [0.3, 0.4) is 0 Å². The van der Waals surface area contributed by atoms with Gasteiger partial charge in [0, 0.05) is 19.3 Å². The highest BCUT2D eigenvalue weighted by Crippen LogP contribution is 2.40. The van der Waals surface area contributed by atoms with E-state index in [1.165, 1.54) is 4.90 Å². The number of fused-ring (bicyclic) bond motifs is 1. The minimum Gasteiger partial charge on any atom is -0.333 e. The van der Waals surface area contributed by atoms with Gasteiger partial charge < -0.3 is 14.3 Å². The molecule has 0 aliphatic carbocycles. The summed E-state index contributed by atoms with van der Waals surface area (Å²) in [6, 6.07) is 0.158. The molecule has 2 rings (SSSR count). The largest absolute Gasteiger partial charge is 0.333 e. The third-order valence-corrected chi connectivity index (χ3v) is 3.79. The number of amides is 1. The molecule has 1 amide bonds. The van der Waals surface area contributed by atoms with Crippen LogP contribution in [0, 0.1) is 0 Å². The Hall–Kier alpha value is -1.56. The van der Waals surface area contributed by atoms with Gasteiger partial charge in [0.1, 0.15) is 17.8 Å². The fraction of sp³-hybridized carbons (Fsp3) is 0.385. The van der Waals surface area contributed by atoms with Crippen LogP contribution < -0.4 is 4.90 Å². The first-order valence-corrected chi connectivity index (χ1v) is 6.77. The predicted molar refractivity (Wildman–Crippen MR) is 77.0 cm³/mol. The van der Waals surface area contributed by atoms with Gasteiger partial charge in [0.25, 0.3) is 5.91 Å². The summed E-state index contributed by atoms with van der Waals surface area (Å²) >= 11 is 3.47. The summed E-state index contributed by atoms with van der Waals surface area (Å²) in [5.41, 5.74) is 1.30. The second-order valence-corrected chi connectivity index (χ2v) is 5.59. The van der Waals surface area contributed by atoms with Crippen molar-refractivity contribution < 1.29 is 9.59 Å². The normalized spacial score (nSPS) is 15.2. The Morgan fingerprint density at radius 3 is 2.63 bits per heavy atom. The molecule has 0 saturated heterocycles. The number of aromatic nitrogens is 1. The third kappa shape index (κ3) is 2.00. The number of aldehydes is 1. The van der Waals surface area contributed by atoms with E-state index in [4.69, 9.17) is 0 Å². The van der Waals surface area contributed by atoms with E-state index in [1.807, 2.05) is 18.7 Å². The molecule has 0 N–H and O–H groups in total. The molecule has 0 atom stereocenters. The van der Waals surface area contributed by atoms with Crippen molar-refractivity contribution in [2.75, 3.05) is 11.9 Å². The van der Waals surface area contributed by atoms with Crippen molar-refractivity contribution in [1.82, 2.24) is 9.47 Å². The van der Waals surface area contributed by atoms with Crippen molar-refractivity contribution in [3.05, 3.63) is 28.8 Å². The van der Waals surface area contributed by atoms with Crippen LogP contribution in [0.5, 0.6) is 0 Å². The third-order valence-electron chi connectivity index (χ3n) is 3.21. The average Bonchev–Trinajstić information content (AvgIpc) is 2.64. The van der Waals surface area contributed by atoms with Crippen molar-refractivity contribution in [1.29, 1.82) is 0 Å². The highest BCUT2D eigenvalue weighted by Gasteiger charge is 2.36. The number of hydrogen-bond donors (Lipinski definition) is 0. The molecule has 102 valence electrons. The average molecular weight is 326 g/mol. The first-order valence-electron chi connectivity index (χ1n) is 5.98. The number of carbonyl (C=O) groups is 2. The highest BCUT2D eigenvalue weighted by atomic mass is 79.9. The minimum atomic E-state index is -0.149. The maximum Gasteiger partial charge on any atom is 0.277 e. The molecular weight excluding hydrogens is 310 g/mol. The van der Waals surface area contributed by atoms with Gasteiger partial charge in [0.15, 0.2) is 0 Å². The van der Waals surface area contributed by atoms with Gasteiger partial charge in [0.05, 0.1) is 16.7 Å². The summed E-state index contributed by atoms with van der Waals surface area (Å²) < 4.78 is 2.45. The van der Waals surface area contributed by atoms with Gasteiger partial charge in [-0.2, -0.15) is 0 Å². The van der Waals surface area contributed by atoms with Gasteiger partial charge in [-0.25, -0.2) is 0 Å². The van der Waals surface area contributed by atoms with Crippen molar-refractivity contribution in [2.24, 2.45) is 0 Å². The Morgan fingerprint density at radius 1 is 1.47 bits per heavy atom. The second kappa shape index (κ2) is 4.85. The molecule has 1 aromatic rings. The van der Waals surface area contributed by atoms with E-state index in [-0.39, 0.29) is 18.5 Å². The van der Waals surface area contributed by atoms with Gasteiger partial charge in [-0.15, -0.1) is 0 Å². The fourth-order valence-electron chi connectivity index (χ4n) is 2.31.